The van der Waals surface area contributed by atoms with Crippen LogP contribution in [0, 0.1) is 0 Å². The van der Waals surface area contributed by atoms with Crippen LogP contribution in [0.4, 0.5) is 5.69 Å². The van der Waals surface area contributed by atoms with Crippen LogP contribution in [0.5, 0.6) is 17.2 Å². The van der Waals surface area contributed by atoms with Crippen LogP contribution >= 0.6 is 0 Å². The third-order valence-corrected chi connectivity index (χ3v) is 4.99. The first kappa shape index (κ1) is 18.7. The molecule has 1 aliphatic heterocycles. The van der Waals surface area contributed by atoms with E-state index in [1.54, 1.807) is 49.6 Å². The minimum atomic E-state index is -0.319. The van der Waals surface area contributed by atoms with E-state index in [9.17, 15) is 9.59 Å². The topological polar surface area (TPSA) is 87.0 Å². The summed E-state index contributed by atoms with van der Waals surface area (Å²) in [5.74, 6) is 1.79. The summed E-state index contributed by atoms with van der Waals surface area (Å²) in [6, 6.07) is 18.6. The van der Waals surface area contributed by atoms with Crippen molar-refractivity contribution in [2.45, 2.75) is 0 Å². The number of ether oxygens (including phenoxy) is 3. The second-order valence-electron chi connectivity index (χ2n) is 6.91. The van der Waals surface area contributed by atoms with Gasteiger partial charge in [0, 0.05) is 23.4 Å². The van der Waals surface area contributed by atoms with Gasteiger partial charge in [-0.15, -0.1) is 0 Å². The minimum absolute atomic E-state index is 0.138. The summed E-state index contributed by atoms with van der Waals surface area (Å²) in [6.07, 6.45) is 0. The number of hydrogen-bond donors (Lipinski definition) is 1. The molecule has 3 aromatic carbocycles. The van der Waals surface area contributed by atoms with E-state index in [1.807, 2.05) is 18.2 Å². The zero-order valence-electron chi connectivity index (χ0n) is 16.5. The molecule has 0 aliphatic carbocycles. The van der Waals surface area contributed by atoms with Crippen LogP contribution in [-0.4, -0.2) is 19.8 Å². The van der Waals surface area contributed by atoms with Crippen LogP contribution in [-0.2, 0) is 0 Å². The molecule has 0 radical (unpaired) electrons. The summed E-state index contributed by atoms with van der Waals surface area (Å²) in [5, 5.41) is 3.24. The summed E-state index contributed by atoms with van der Waals surface area (Å²) < 4.78 is 22.0. The molecular formula is C24H17NO6. The normalized spacial score (nSPS) is 12.0. The number of nitrogens with one attached hydrogen (secondary N) is 1. The van der Waals surface area contributed by atoms with Crippen LogP contribution in [0.3, 0.4) is 0 Å². The molecular weight excluding hydrogens is 398 g/mol. The Hall–Kier alpha value is -4.26. The molecule has 7 nitrogen and oxygen atoms in total. The van der Waals surface area contributed by atoms with Crippen molar-refractivity contribution in [1.29, 1.82) is 0 Å². The van der Waals surface area contributed by atoms with E-state index in [-0.39, 0.29) is 18.1 Å². The third kappa shape index (κ3) is 3.46. The summed E-state index contributed by atoms with van der Waals surface area (Å²) in [4.78, 5) is 25.3. The quantitative estimate of drug-likeness (QED) is 0.530. The van der Waals surface area contributed by atoms with Gasteiger partial charge in [-0.3, -0.25) is 9.59 Å². The maximum absolute atomic E-state index is 12.7. The molecule has 7 heteroatoms. The Balaban J connectivity index is 1.49. The number of anilines is 1. The Kier molecular flexibility index (Phi) is 4.55. The molecule has 1 amide bonds. The summed E-state index contributed by atoms with van der Waals surface area (Å²) in [6.45, 7) is 0.138. The molecule has 0 saturated heterocycles. The number of methoxy groups -OCH3 is 1. The smallest absolute Gasteiger partial charge is 0.255 e. The predicted molar refractivity (Wildman–Crippen MR) is 115 cm³/mol. The molecule has 31 heavy (non-hydrogen) atoms. The number of rotatable bonds is 4. The maximum atomic E-state index is 12.7. The van der Waals surface area contributed by atoms with Crippen molar-refractivity contribution in [2.24, 2.45) is 0 Å². The summed E-state index contributed by atoms with van der Waals surface area (Å²) in [7, 11) is 1.56. The van der Waals surface area contributed by atoms with Crippen molar-refractivity contribution < 1.29 is 23.4 Å². The SMILES string of the molecule is COc1ccccc1-c1cc(=O)c2ccc(NC(=O)c3ccc4c(c3)OCO4)cc2o1. The van der Waals surface area contributed by atoms with Gasteiger partial charge >= 0.3 is 0 Å². The lowest BCUT2D eigenvalue weighted by Crippen LogP contribution is -2.12. The Labute approximate surface area is 176 Å². The van der Waals surface area contributed by atoms with Crippen molar-refractivity contribution in [3.05, 3.63) is 82.5 Å². The molecule has 1 aromatic heterocycles. The Morgan fingerprint density at radius 1 is 0.968 bits per heavy atom. The van der Waals surface area contributed by atoms with E-state index < -0.39 is 0 Å². The molecule has 2 heterocycles. The molecule has 0 saturated carbocycles. The van der Waals surface area contributed by atoms with Crippen molar-refractivity contribution in [2.75, 3.05) is 19.2 Å². The van der Waals surface area contributed by atoms with E-state index in [4.69, 9.17) is 18.6 Å². The van der Waals surface area contributed by atoms with Gasteiger partial charge in [0.15, 0.2) is 16.9 Å². The van der Waals surface area contributed by atoms with E-state index in [0.717, 1.165) is 0 Å². The highest BCUT2D eigenvalue weighted by molar-refractivity contribution is 6.05. The highest BCUT2D eigenvalue weighted by Gasteiger charge is 2.17. The van der Waals surface area contributed by atoms with Gasteiger partial charge in [0.2, 0.25) is 6.79 Å². The molecule has 0 fully saturated rings. The van der Waals surface area contributed by atoms with Crippen molar-refractivity contribution in [1.82, 2.24) is 0 Å². The van der Waals surface area contributed by atoms with E-state index in [2.05, 4.69) is 5.32 Å². The van der Waals surface area contributed by atoms with Gasteiger partial charge < -0.3 is 23.9 Å². The van der Waals surface area contributed by atoms with Gasteiger partial charge in [-0.05, 0) is 42.5 Å². The average Bonchev–Trinajstić information content (AvgIpc) is 3.26. The number of benzene rings is 3. The molecule has 5 rings (SSSR count). The van der Waals surface area contributed by atoms with Gasteiger partial charge in [0.25, 0.3) is 5.91 Å². The largest absolute Gasteiger partial charge is 0.496 e. The van der Waals surface area contributed by atoms with Crippen LogP contribution in [0.2, 0.25) is 0 Å². The fraction of sp³-hybridized carbons (Fsp3) is 0.0833. The maximum Gasteiger partial charge on any atom is 0.255 e. The van der Waals surface area contributed by atoms with Gasteiger partial charge in [-0.25, -0.2) is 0 Å². The zero-order valence-corrected chi connectivity index (χ0v) is 16.5. The number of fused-ring (bicyclic) bond motifs is 2. The molecule has 0 unspecified atom stereocenters. The fourth-order valence-corrected chi connectivity index (χ4v) is 3.45. The predicted octanol–water partition coefficient (Wildman–Crippen LogP) is 4.45. The molecule has 0 spiro atoms. The van der Waals surface area contributed by atoms with Crippen molar-refractivity contribution in [3.8, 4) is 28.6 Å². The molecule has 0 bridgehead atoms. The highest BCUT2D eigenvalue weighted by atomic mass is 16.7. The van der Waals surface area contributed by atoms with E-state index in [0.29, 0.717) is 50.8 Å². The zero-order chi connectivity index (χ0) is 21.4. The lowest BCUT2D eigenvalue weighted by molar-refractivity contribution is 0.102. The minimum Gasteiger partial charge on any atom is -0.496 e. The number of carbonyl (C=O) groups excluding carboxylic acids is 1. The van der Waals surface area contributed by atoms with Gasteiger partial charge in [0.1, 0.15) is 17.1 Å². The number of amides is 1. The second kappa shape index (κ2) is 7.53. The van der Waals surface area contributed by atoms with E-state index in [1.165, 1.54) is 6.07 Å². The first-order chi connectivity index (χ1) is 15.1. The number of para-hydroxylation sites is 1. The highest BCUT2D eigenvalue weighted by Crippen LogP contribution is 2.33. The monoisotopic (exact) mass is 415 g/mol. The Morgan fingerprint density at radius 3 is 2.68 bits per heavy atom. The van der Waals surface area contributed by atoms with E-state index >= 15 is 0 Å². The summed E-state index contributed by atoms with van der Waals surface area (Å²) in [5.41, 5.74) is 1.76. The average molecular weight is 415 g/mol. The molecule has 1 aliphatic rings. The van der Waals surface area contributed by atoms with Gasteiger partial charge in [-0.1, -0.05) is 12.1 Å². The van der Waals surface area contributed by atoms with Gasteiger partial charge in [-0.2, -0.15) is 0 Å². The van der Waals surface area contributed by atoms with Crippen LogP contribution in [0.15, 0.2) is 75.9 Å². The fourth-order valence-electron chi connectivity index (χ4n) is 3.45. The Bertz CT molecular complexity index is 1370. The number of hydrogen-bond acceptors (Lipinski definition) is 6. The molecule has 154 valence electrons. The van der Waals surface area contributed by atoms with Crippen molar-refractivity contribution >= 4 is 22.6 Å². The van der Waals surface area contributed by atoms with Crippen LogP contribution < -0.4 is 25.0 Å². The van der Waals surface area contributed by atoms with Gasteiger partial charge in [0.05, 0.1) is 18.1 Å². The van der Waals surface area contributed by atoms with Crippen LogP contribution in [0.1, 0.15) is 10.4 Å². The van der Waals surface area contributed by atoms with Crippen LogP contribution in [0.25, 0.3) is 22.3 Å². The number of carbonyl (C=O) groups is 1. The summed E-state index contributed by atoms with van der Waals surface area (Å²) >= 11 is 0. The first-order valence-electron chi connectivity index (χ1n) is 9.55. The second-order valence-corrected chi connectivity index (χ2v) is 6.91. The van der Waals surface area contributed by atoms with Crippen molar-refractivity contribution in [3.63, 3.8) is 0 Å². The lowest BCUT2D eigenvalue weighted by atomic mass is 10.1. The molecule has 0 atom stereocenters. The molecule has 4 aromatic rings. The standard InChI is InChI=1S/C24H17NO6/c1-28-19-5-3-2-4-17(19)22-12-18(26)16-8-7-15(11-21(16)31-22)25-24(27)14-6-9-20-23(10-14)30-13-29-20/h2-12H,13H2,1H3,(H,25,27). The first-order valence-corrected chi connectivity index (χ1v) is 9.55. The Morgan fingerprint density at radius 2 is 1.81 bits per heavy atom. The third-order valence-electron chi connectivity index (χ3n) is 4.99. The molecule has 1 N–H and O–H groups in total. The lowest BCUT2D eigenvalue weighted by Gasteiger charge is -2.10.